The van der Waals surface area contributed by atoms with Crippen molar-refractivity contribution in [2.45, 2.75) is 13.2 Å². The molecule has 160 valence electrons. The summed E-state index contributed by atoms with van der Waals surface area (Å²) < 4.78 is 11.4. The quantitative estimate of drug-likeness (QED) is 0.607. The molecule has 0 radical (unpaired) electrons. The normalized spacial score (nSPS) is 13.6. The zero-order valence-corrected chi connectivity index (χ0v) is 17.3. The van der Waals surface area contributed by atoms with Gasteiger partial charge in [-0.15, -0.1) is 0 Å². The van der Waals surface area contributed by atoms with Crippen LogP contribution in [0.3, 0.4) is 0 Å². The summed E-state index contributed by atoms with van der Waals surface area (Å²) in [6.45, 7) is 3.51. The van der Waals surface area contributed by atoms with Gasteiger partial charge in [0.15, 0.2) is 0 Å². The molecule has 1 aliphatic rings. The number of rotatable bonds is 8. The molecule has 1 heterocycles. The number of nitrogens with zero attached hydrogens (tertiary/aromatic N) is 1. The minimum atomic E-state index is -1.18. The molecular weight excluding hydrogens is 392 g/mol. The van der Waals surface area contributed by atoms with Crippen LogP contribution in [0, 0.1) is 0 Å². The number of ether oxygens (including phenoxy) is 2. The van der Waals surface area contributed by atoms with Crippen LogP contribution in [-0.4, -0.2) is 32.3 Å². The van der Waals surface area contributed by atoms with E-state index in [4.69, 9.17) is 9.47 Å². The molecule has 1 aliphatic heterocycles. The van der Waals surface area contributed by atoms with Crippen molar-refractivity contribution in [3.05, 3.63) is 89.5 Å². The highest BCUT2D eigenvalue weighted by Crippen LogP contribution is 2.26. The van der Waals surface area contributed by atoms with Crippen molar-refractivity contribution in [1.29, 1.82) is 0 Å². The zero-order valence-electron chi connectivity index (χ0n) is 17.3. The van der Waals surface area contributed by atoms with Crippen LogP contribution in [0.1, 0.15) is 21.5 Å². The van der Waals surface area contributed by atoms with E-state index in [1.807, 2.05) is 71.6 Å². The minimum Gasteiger partial charge on any atom is -0.545 e. The second-order valence-electron chi connectivity index (χ2n) is 7.35. The van der Waals surface area contributed by atoms with Gasteiger partial charge >= 0.3 is 0 Å². The predicted octanol–water partition coefficient (Wildman–Crippen LogP) is 3.08. The highest BCUT2D eigenvalue weighted by atomic mass is 16.5. The van der Waals surface area contributed by atoms with Gasteiger partial charge < -0.3 is 29.6 Å². The first-order valence-corrected chi connectivity index (χ1v) is 10.4. The molecule has 3 aromatic rings. The Balaban J connectivity index is 1.45. The Kier molecular flexibility index (Phi) is 6.69. The van der Waals surface area contributed by atoms with E-state index in [2.05, 4.69) is 5.32 Å². The average molecular weight is 417 g/mol. The number of anilines is 2. The number of morpholine rings is 1. The number of aromatic carboxylic acids is 1. The molecular formula is C25H25N2O4-. The molecule has 0 spiro atoms. The monoisotopic (exact) mass is 417 g/mol. The number of hydrogen-bond acceptors (Lipinski definition) is 6. The lowest BCUT2D eigenvalue weighted by Crippen LogP contribution is -2.38. The average Bonchev–Trinajstić information content (AvgIpc) is 2.83. The van der Waals surface area contributed by atoms with E-state index in [1.165, 1.54) is 0 Å². The van der Waals surface area contributed by atoms with Gasteiger partial charge in [0.2, 0.25) is 0 Å². The van der Waals surface area contributed by atoms with Gasteiger partial charge in [0, 0.05) is 42.1 Å². The third-order valence-electron chi connectivity index (χ3n) is 5.26. The molecule has 0 aromatic heterocycles. The van der Waals surface area contributed by atoms with E-state index < -0.39 is 5.97 Å². The lowest BCUT2D eigenvalue weighted by molar-refractivity contribution is -0.254. The molecule has 1 fully saturated rings. The Hall–Kier alpha value is -3.51. The maximum atomic E-state index is 11.7. The summed E-state index contributed by atoms with van der Waals surface area (Å²) in [4.78, 5) is 13.8. The highest BCUT2D eigenvalue weighted by molar-refractivity contribution is 5.94. The summed E-state index contributed by atoms with van der Waals surface area (Å²) >= 11 is 0. The lowest BCUT2D eigenvalue weighted by atomic mass is 10.1. The number of benzene rings is 3. The maximum Gasteiger partial charge on any atom is 0.124 e. The largest absolute Gasteiger partial charge is 0.545 e. The summed E-state index contributed by atoms with van der Waals surface area (Å²) in [6, 6.07) is 23.2. The molecule has 0 bridgehead atoms. The van der Waals surface area contributed by atoms with Gasteiger partial charge in [-0.05, 0) is 29.8 Å². The van der Waals surface area contributed by atoms with Gasteiger partial charge in [-0.25, -0.2) is 0 Å². The number of para-hydroxylation sites is 1. The number of carbonyl (C=O) groups is 1. The van der Waals surface area contributed by atoms with Crippen LogP contribution in [0.2, 0.25) is 0 Å². The van der Waals surface area contributed by atoms with Crippen LogP contribution in [0.15, 0.2) is 72.8 Å². The summed E-state index contributed by atoms with van der Waals surface area (Å²) in [6.07, 6.45) is 0. The molecule has 0 amide bonds. The summed E-state index contributed by atoms with van der Waals surface area (Å²) in [5.41, 5.74) is 3.66. The molecule has 1 N–H and O–H groups in total. The van der Waals surface area contributed by atoms with Gasteiger partial charge in [-0.2, -0.15) is 0 Å². The van der Waals surface area contributed by atoms with E-state index in [0.29, 0.717) is 50.8 Å². The van der Waals surface area contributed by atoms with Crippen LogP contribution in [0.5, 0.6) is 5.75 Å². The van der Waals surface area contributed by atoms with Gasteiger partial charge in [0.1, 0.15) is 12.4 Å². The number of carbonyl (C=O) groups excluding carboxylic acids is 1. The standard InChI is InChI=1S/C25H26N2O4/c28-25(29)22-16-21(10-11-23(22)27-12-14-30-15-13-27)26-17-20-8-4-5-9-24(20)31-18-19-6-2-1-3-7-19/h1-11,16,26H,12-15,17-18H2,(H,28,29)/p-1. The van der Waals surface area contributed by atoms with Crippen LogP contribution >= 0.6 is 0 Å². The van der Waals surface area contributed by atoms with Crippen molar-refractivity contribution in [3.63, 3.8) is 0 Å². The summed E-state index contributed by atoms with van der Waals surface area (Å²) in [5.74, 6) is -0.388. The molecule has 6 nitrogen and oxygen atoms in total. The second-order valence-corrected chi connectivity index (χ2v) is 7.35. The van der Waals surface area contributed by atoms with Crippen LogP contribution < -0.4 is 20.1 Å². The van der Waals surface area contributed by atoms with Gasteiger partial charge in [0.05, 0.1) is 19.2 Å². The molecule has 0 saturated carbocycles. The van der Waals surface area contributed by atoms with E-state index in [1.54, 1.807) is 6.07 Å². The fourth-order valence-corrected chi connectivity index (χ4v) is 3.61. The topological polar surface area (TPSA) is 73.9 Å². The highest BCUT2D eigenvalue weighted by Gasteiger charge is 2.16. The summed E-state index contributed by atoms with van der Waals surface area (Å²) in [5, 5.41) is 15.1. The Labute approximate surface area is 182 Å². The fraction of sp³-hybridized carbons (Fsp3) is 0.240. The Morgan fingerprint density at radius 3 is 2.52 bits per heavy atom. The first-order chi connectivity index (χ1) is 15.2. The number of hydrogen-bond donors (Lipinski definition) is 1. The fourth-order valence-electron chi connectivity index (χ4n) is 3.61. The smallest absolute Gasteiger partial charge is 0.124 e. The SMILES string of the molecule is O=C([O-])c1cc(NCc2ccccc2OCc2ccccc2)ccc1N1CCOCC1. The van der Waals surface area contributed by atoms with E-state index in [-0.39, 0.29) is 5.56 Å². The predicted molar refractivity (Wildman–Crippen MR) is 118 cm³/mol. The number of nitrogens with one attached hydrogen (secondary N) is 1. The van der Waals surface area contributed by atoms with Gasteiger partial charge in [-0.3, -0.25) is 0 Å². The number of carboxylic acid groups (broad SMARTS) is 1. The molecule has 0 unspecified atom stereocenters. The van der Waals surface area contributed by atoms with Crippen LogP contribution in [0.25, 0.3) is 0 Å². The molecule has 0 atom stereocenters. The third kappa shape index (κ3) is 5.35. The second kappa shape index (κ2) is 10.00. The van der Waals surface area contributed by atoms with Crippen molar-refractivity contribution in [2.75, 3.05) is 36.5 Å². The number of carboxylic acids is 1. The molecule has 31 heavy (non-hydrogen) atoms. The molecule has 3 aromatic carbocycles. The van der Waals surface area contributed by atoms with E-state index >= 15 is 0 Å². The van der Waals surface area contributed by atoms with E-state index in [0.717, 1.165) is 16.9 Å². The third-order valence-corrected chi connectivity index (χ3v) is 5.26. The van der Waals surface area contributed by atoms with Crippen molar-refractivity contribution >= 4 is 17.3 Å². The zero-order chi connectivity index (χ0) is 21.5. The molecule has 1 saturated heterocycles. The molecule has 6 heteroatoms. The van der Waals surface area contributed by atoms with Crippen molar-refractivity contribution in [3.8, 4) is 5.75 Å². The van der Waals surface area contributed by atoms with Gasteiger partial charge in [-0.1, -0.05) is 48.5 Å². The first kappa shape index (κ1) is 20.8. The first-order valence-electron chi connectivity index (χ1n) is 10.4. The van der Waals surface area contributed by atoms with Crippen molar-refractivity contribution in [1.82, 2.24) is 0 Å². The molecule has 0 aliphatic carbocycles. The lowest BCUT2D eigenvalue weighted by Gasteiger charge is -2.31. The van der Waals surface area contributed by atoms with Crippen molar-refractivity contribution in [2.24, 2.45) is 0 Å². The Morgan fingerprint density at radius 1 is 1.00 bits per heavy atom. The van der Waals surface area contributed by atoms with Gasteiger partial charge in [0.25, 0.3) is 0 Å². The van der Waals surface area contributed by atoms with Crippen LogP contribution in [-0.2, 0) is 17.9 Å². The molecule has 4 rings (SSSR count). The van der Waals surface area contributed by atoms with E-state index in [9.17, 15) is 9.90 Å². The maximum absolute atomic E-state index is 11.7. The summed E-state index contributed by atoms with van der Waals surface area (Å²) in [7, 11) is 0. The van der Waals surface area contributed by atoms with Crippen LogP contribution in [0.4, 0.5) is 11.4 Å². The Morgan fingerprint density at radius 2 is 1.74 bits per heavy atom. The van der Waals surface area contributed by atoms with Crippen molar-refractivity contribution < 1.29 is 19.4 Å². The minimum absolute atomic E-state index is 0.181. The Bertz CT molecular complexity index is 1020.